The van der Waals surface area contributed by atoms with Crippen LogP contribution in [0.15, 0.2) is 35.4 Å². The highest BCUT2D eigenvalue weighted by atomic mass is 35.7. The van der Waals surface area contributed by atoms with Crippen molar-refractivity contribution in [3.05, 3.63) is 46.5 Å². The topological polar surface area (TPSA) is 172 Å². The Labute approximate surface area is 192 Å². The van der Waals surface area contributed by atoms with Crippen molar-refractivity contribution in [2.45, 2.75) is 6.92 Å². The number of thiophene rings is 1. The number of carbonyl (C=O) groups is 1. The first-order valence-electron chi connectivity index (χ1n) is 8.82. The Morgan fingerprint density at radius 3 is 2.28 bits per heavy atom. The van der Waals surface area contributed by atoms with E-state index in [-0.39, 0.29) is 5.97 Å². The Morgan fingerprint density at radius 2 is 1.84 bits per heavy atom. The van der Waals surface area contributed by atoms with Crippen LogP contribution in [0.1, 0.15) is 22.8 Å². The van der Waals surface area contributed by atoms with Gasteiger partial charge < -0.3 is 9.64 Å². The van der Waals surface area contributed by atoms with Crippen molar-refractivity contribution in [2.24, 2.45) is 0 Å². The standard InChI is InChI=1S/C12H9NO2S.C8H14N3.ClHO4/c1-2-15-12(14)10-6-8(7-13)5-9-3-4-16-11(9)10;1-10(2)6-8(5-9)7-11(3)4;2-1(3,4)5/h3-6H,2H2,1H3;6-7H,1-4H3;(H,2,3,4,5)/q;+1;/p-1. The largest absolute Gasteiger partial charge is 0.462 e. The molecule has 0 radical (unpaired) electrons. The molecule has 10 nitrogen and oxygen atoms in total. The summed E-state index contributed by atoms with van der Waals surface area (Å²) in [6.07, 6.45) is 3.56. The number of nitrogens with zero attached hydrogens (tertiary/aromatic N) is 4. The number of ether oxygens (including phenoxy) is 1. The number of hydrogen-bond acceptors (Lipinski definition) is 10. The van der Waals surface area contributed by atoms with Gasteiger partial charge in [-0.25, -0.2) is 28.0 Å². The fourth-order valence-corrected chi connectivity index (χ4v) is 3.04. The molecule has 0 unspecified atom stereocenters. The second-order valence-corrected chi connectivity index (χ2v) is 8.00. The number of carbonyl (C=O) groups excluding carboxylic acids is 1. The minimum atomic E-state index is -4.94. The third kappa shape index (κ3) is 12.6. The van der Waals surface area contributed by atoms with E-state index in [9.17, 15) is 4.79 Å². The van der Waals surface area contributed by atoms with Crippen LogP contribution in [0.3, 0.4) is 0 Å². The molecule has 172 valence electrons. The van der Waals surface area contributed by atoms with E-state index >= 15 is 0 Å². The minimum Gasteiger partial charge on any atom is -0.462 e. The highest BCUT2D eigenvalue weighted by Gasteiger charge is 2.13. The van der Waals surface area contributed by atoms with Gasteiger partial charge in [0.25, 0.3) is 0 Å². The second kappa shape index (κ2) is 14.1. The third-order valence-electron chi connectivity index (χ3n) is 3.10. The Kier molecular flexibility index (Phi) is 12.8. The van der Waals surface area contributed by atoms with E-state index in [1.165, 1.54) is 11.3 Å². The average Bonchev–Trinajstić information content (AvgIpc) is 3.13. The van der Waals surface area contributed by atoms with Crippen molar-refractivity contribution in [2.75, 3.05) is 34.8 Å². The van der Waals surface area contributed by atoms with Gasteiger partial charge >= 0.3 is 5.97 Å². The van der Waals surface area contributed by atoms with Gasteiger partial charge in [-0.1, -0.05) is 0 Å². The lowest BCUT2D eigenvalue weighted by atomic mass is 10.1. The van der Waals surface area contributed by atoms with Crippen molar-refractivity contribution in [1.29, 1.82) is 10.5 Å². The van der Waals surface area contributed by atoms with Crippen LogP contribution in [-0.2, 0) is 4.74 Å². The molecule has 1 aromatic carbocycles. The van der Waals surface area contributed by atoms with Crippen molar-refractivity contribution in [3.63, 3.8) is 0 Å². The molecule has 32 heavy (non-hydrogen) atoms. The summed E-state index contributed by atoms with van der Waals surface area (Å²) in [5, 5.41) is 20.3. The summed E-state index contributed by atoms with van der Waals surface area (Å²) in [6.45, 7) is 2.10. The zero-order chi connectivity index (χ0) is 24.9. The van der Waals surface area contributed by atoms with E-state index in [2.05, 4.69) is 6.07 Å². The van der Waals surface area contributed by atoms with Gasteiger partial charge in [0.1, 0.15) is 25.7 Å². The van der Waals surface area contributed by atoms with Crippen molar-refractivity contribution in [3.8, 4) is 12.1 Å². The molecule has 0 fully saturated rings. The lowest BCUT2D eigenvalue weighted by Gasteiger charge is -2.17. The predicted octanol–water partition coefficient (Wildman–Crippen LogP) is -1.51. The SMILES string of the molecule is CCOC(=O)c1cc(C#N)cc2ccsc12.CN(C)C=C(C#N)C=[N+](C)C.[O-][Cl+3]([O-])([O-])[O-]. The maximum atomic E-state index is 11.7. The molecule has 0 atom stereocenters. The molecule has 2 aromatic rings. The second-order valence-electron chi connectivity index (χ2n) is 6.33. The highest BCUT2D eigenvalue weighted by molar-refractivity contribution is 7.17. The molecule has 0 saturated carbocycles. The first-order valence-corrected chi connectivity index (χ1v) is 10.9. The van der Waals surface area contributed by atoms with Crippen LogP contribution in [0, 0.1) is 32.9 Å². The van der Waals surface area contributed by atoms with Gasteiger partial charge in [-0.15, -0.1) is 21.6 Å². The van der Waals surface area contributed by atoms with E-state index in [0.29, 0.717) is 23.3 Å². The van der Waals surface area contributed by atoms with Gasteiger partial charge in [0.05, 0.1) is 23.8 Å². The molecule has 12 heteroatoms. The molecule has 0 N–H and O–H groups in total. The number of allylic oxidation sites excluding steroid dienone is 1. The molecule has 0 saturated heterocycles. The Hall–Kier alpha value is -3.03. The maximum Gasteiger partial charge on any atom is 0.339 e. The summed E-state index contributed by atoms with van der Waals surface area (Å²) < 4.78 is 41.7. The van der Waals surface area contributed by atoms with E-state index in [0.717, 1.165) is 10.1 Å². The minimum absolute atomic E-state index is 0.336. The quantitative estimate of drug-likeness (QED) is 0.217. The predicted molar refractivity (Wildman–Crippen MR) is 108 cm³/mol. The number of esters is 1. The van der Waals surface area contributed by atoms with E-state index in [1.54, 1.807) is 31.5 Å². The first kappa shape index (κ1) is 29.0. The van der Waals surface area contributed by atoms with Gasteiger partial charge in [-0.3, -0.25) is 0 Å². The Bertz CT molecular complexity index is 1040. The molecule has 0 aliphatic rings. The zero-order valence-electron chi connectivity index (χ0n) is 18.2. The lowest BCUT2D eigenvalue weighted by molar-refractivity contribution is -2.00. The molecule has 0 amide bonds. The number of fused-ring (bicyclic) bond motifs is 1. The molecule has 0 bridgehead atoms. The lowest BCUT2D eigenvalue weighted by Crippen LogP contribution is -2.68. The summed E-state index contributed by atoms with van der Waals surface area (Å²) in [5.41, 5.74) is 1.61. The molecular weight excluding hydrogens is 460 g/mol. The Morgan fingerprint density at radius 1 is 1.25 bits per heavy atom. The Balaban J connectivity index is 0.000000523. The van der Waals surface area contributed by atoms with Gasteiger partial charge in [-0.05, 0) is 35.9 Å². The first-order chi connectivity index (χ1) is 14.8. The van der Waals surface area contributed by atoms with E-state index < -0.39 is 10.2 Å². The number of halogens is 1. The van der Waals surface area contributed by atoms with Crippen molar-refractivity contribution >= 4 is 33.6 Å². The van der Waals surface area contributed by atoms with E-state index in [4.69, 9.17) is 33.9 Å². The van der Waals surface area contributed by atoms with Gasteiger partial charge in [0.2, 0.25) is 0 Å². The summed E-state index contributed by atoms with van der Waals surface area (Å²) in [6, 6.07) is 9.38. The highest BCUT2D eigenvalue weighted by Crippen LogP contribution is 2.27. The van der Waals surface area contributed by atoms with Crippen LogP contribution in [0.25, 0.3) is 10.1 Å². The van der Waals surface area contributed by atoms with Gasteiger partial charge in [0.15, 0.2) is 6.21 Å². The molecule has 1 aromatic heterocycles. The normalized spacial score (nSPS) is 10.4. The average molecular weight is 483 g/mol. The van der Waals surface area contributed by atoms with Crippen LogP contribution in [-0.4, -0.2) is 56.5 Å². The number of benzene rings is 1. The van der Waals surface area contributed by atoms with Gasteiger partial charge in [0, 0.05) is 25.0 Å². The summed E-state index contributed by atoms with van der Waals surface area (Å²) in [4.78, 5) is 13.5. The fraction of sp³-hybridized carbons (Fsp3) is 0.300. The third-order valence-corrected chi connectivity index (χ3v) is 4.06. The monoisotopic (exact) mass is 482 g/mol. The van der Waals surface area contributed by atoms with Crippen LogP contribution in [0.5, 0.6) is 0 Å². The number of hydrogen-bond donors (Lipinski definition) is 0. The fourth-order valence-electron chi connectivity index (χ4n) is 2.15. The number of nitriles is 2. The summed E-state index contributed by atoms with van der Waals surface area (Å²) in [7, 11) is 2.61. The van der Waals surface area contributed by atoms with Crippen LogP contribution < -0.4 is 18.6 Å². The van der Waals surface area contributed by atoms with Gasteiger partial charge in [-0.2, -0.15) is 10.5 Å². The molecule has 0 aliphatic carbocycles. The molecular formula is C20H23ClN4O6S. The molecule has 0 aliphatic heterocycles. The van der Waals surface area contributed by atoms with Crippen LogP contribution in [0.2, 0.25) is 0 Å². The molecule has 2 rings (SSSR count). The number of rotatable bonds is 4. The van der Waals surface area contributed by atoms with Crippen molar-refractivity contribution < 1.29 is 43.0 Å². The summed E-state index contributed by atoms with van der Waals surface area (Å²) in [5.74, 6) is -0.368. The maximum absolute atomic E-state index is 11.7. The zero-order valence-corrected chi connectivity index (χ0v) is 19.8. The smallest absolute Gasteiger partial charge is 0.339 e. The van der Waals surface area contributed by atoms with Crippen molar-refractivity contribution in [1.82, 2.24) is 4.90 Å². The van der Waals surface area contributed by atoms with E-state index in [1.807, 2.05) is 55.2 Å². The molecule has 0 spiro atoms. The summed E-state index contributed by atoms with van der Waals surface area (Å²) >= 11 is 1.48. The van der Waals surface area contributed by atoms with Crippen LogP contribution >= 0.6 is 11.3 Å². The van der Waals surface area contributed by atoms with Crippen LogP contribution in [0.4, 0.5) is 0 Å². The molecule has 1 heterocycles.